The summed E-state index contributed by atoms with van der Waals surface area (Å²) in [6.07, 6.45) is 13.9. The first-order valence-corrected chi connectivity index (χ1v) is 15.0. The van der Waals surface area contributed by atoms with E-state index in [4.69, 9.17) is 9.29 Å². The van der Waals surface area contributed by atoms with Crippen LogP contribution in [0.1, 0.15) is 84.0 Å². The molecular formula is C30H39N2NaO5S. The van der Waals surface area contributed by atoms with E-state index in [-0.39, 0.29) is 40.4 Å². The van der Waals surface area contributed by atoms with Crippen molar-refractivity contribution >= 4 is 67.8 Å². The fourth-order valence-electron chi connectivity index (χ4n) is 4.34. The van der Waals surface area contributed by atoms with Crippen molar-refractivity contribution in [2.24, 2.45) is 10.2 Å². The van der Waals surface area contributed by atoms with Gasteiger partial charge in [-0.1, -0.05) is 95.4 Å². The Labute approximate surface area is 254 Å². The molecule has 0 heterocycles. The summed E-state index contributed by atoms with van der Waals surface area (Å²) in [6.45, 7) is 2.24. The molecule has 7 nitrogen and oxygen atoms in total. The van der Waals surface area contributed by atoms with Crippen molar-refractivity contribution in [2.75, 3.05) is 0 Å². The van der Waals surface area contributed by atoms with Gasteiger partial charge in [-0.2, -0.15) is 13.5 Å². The molecule has 0 aliphatic carbocycles. The molecule has 3 aromatic carbocycles. The average Bonchev–Trinajstić information content (AvgIpc) is 2.91. The number of unbranched alkanes of at least 4 members (excludes halogenated alkanes) is 10. The van der Waals surface area contributed by atoms with E-state index in [1.165, 1.54) is 75.6 Å². The number of azo groups is 1. The predicted octanol–water partition coefficient (Wildman–Crippen LogP) is 8.46. The summed E-state index contributed by atoms with van der Waals surface area (Å²) in [4.78, 5) is 12.3. The average molecular weight is 563 g/mol. The van der Waals surface area contributed by atoms with Crippen molar-refractivity contribution in [2.45, 2.75) is 88.9 Å². The Morgan fingerprint density at radius 1 is 0.744 bits per heavy atom. The Hall–Kier alpha value is -2.10. The van der Waals surface area contributed by atoms with Crippen LogP contribution in [0, 0.1) is 0 Å². The standard InChI is InChI=1S/C30H38N2O5S.Na.H/c1-2-3-4-5-6-7-8-9-10-11-12-17-30(33)37-29-23-22-28(26-15-13-14-16-27(26)29)32-31-24-18-20-25(21-19-24)38(34,35)36;;/h13-16,18-23H,2-12,17H2,1H3,(H,34,35,36);;. The van der Waals surface area contributed by atoms with Gasteiger partial charge in [0, 0.05) is 17.2 Å². The van der Waals surface area contributed by atoms with Crippen LogP contribution in [-0.4, -0.2) is 48.5 Å². The van der Waals surface area contributed by atoms with Gasteiger partial charge in [-0.15, -0.1) is 5.11 Å². The number of nitrogens with zero attached hydrogens (tertiary/aromatic N) is 2. The van der Waals surface area contributed by atoms with Crippen molar-refractivity contribution in [3.63, 3.8) is 0 Å². The summed E-state index contributed by atoms with van der Waals surface area (Å²) < 4.78 is 37.2. The molecular weight excluding hydrogens is 523 g/mol. The molecule has 0 saturated heterocycles. The third-order valence-electron chi connectivity index (χ3n) is 6.48. The molecule has 0 amide bonds. The number of carbonyl (C=O) groups excluding carboxylic acids is 1. The second-order valence-electron chi connectivity index (χ2n) is 9.56. The van der Waals surface area contributed by atoms with Crippen LogP contribution in [0.25, 0.3) is 10.8 Å². The van der Waals surface area contributed by atoms with Gasteiger partial charge in [0.25, 0.3) is 10.1 Å². The maximum atomic E-state index is 12.5. The van der Waals surface area contributed by atoms with Crippen LogP contribution in [0.2, 0.25) is 0 Å². The molecule has 0 spiro atoms. The summed E-state index contributed by atoms with van der Waals surface area (Å²) >= 11 is 0. The second kappa shape index (κ2) is 17.6. The van der Waals surface area contributed by atoms with Gasteiger partial charge in [0.1, 0.15) is 5.75 Å². The topological polar surface area (TPSA) is 105 Å². The molecule has 1 N–H and O–H groups in total. The number of ether oxygens (including phenoxy) is 1. The molecule has 0 bridgehead atoms. The quantitative estimate of drug-likeness (QED) is 0.0471. The maximum absolute atomic E-state index is 12.5. The van der Waals surface area contributed by atoms with E-state index in [0.717, 1.165) is 30.0 Å². The van der Waals surface area contributed by atoms with E-state index in [1.54, 1.807) is 12.1 Å². The van der Waals surface area contributed by atoms with Crippen molar-refractivity contribution < 1.29 is 22.5 Å². The van der Waals surface area contributed by atoms with Gasteiger partial charge in [-0.05, 0) is 42.8 Å². The first-order valence-electron chi connectivity index (χ1n) is 13.6. The third kappa shape index (κ3) is 11.5. The molecule has 206 valence electrons. The van der Waals surface area contributed by atoms with Gasteiger partial charge in [-0.3, -0.25) is 9.35 Å². The van der Waals surface area contributed by atoms with Crippen LogP contribution in [0.15, 0.2) is 75.8 Å². The fourth-order valence-corrected chi connectivity index (χ4v) is 4.82. The zero-order valence-corrected chi connectivity index (χ0v) is 23.0. The van der Waals surface area contributed by atoms with Gasteiger partial charge < -0.3 is 4.74 Å². The molecule has 0 aliphatic heterocycles. The van der Waals surface area contributed by atoms with E-state index in [1.807, 2.05) is 24.3 Å². The zero-order valence-electron chi connectivity index (χ0n) is 22.1. The summed E-state index contributed by atoms with van der Waals surface area (Å²) in [7, 11) is -4.26. The number of rotatable bonds is 16. The molecule has 0 fully saturated rings. The molecule has 9 heteroatoms. The number of esters is 1. The van der Waals surface area contributed by atoms with Gasteiger partial charge in [0.05, 0.1) is 16.3 Å². The molecule has 39 heavy (non-hydrogen) atoms. The molecule has 0 radical (unpaired) electrons. The second-order valence-corrected chi connectivity index (χ2v) is 11.0. The van der Waals surface area contributed by atoms with Crippen LogP contribution < -0.4 is 4.74 Å². The minimum atomic E-state index is -4.26. The molecule has 0 saturated carbocycles. The minimum absolute atomic E-state index is 0. The van der Waals surface area contributed by atoms with Gasteiger partial charge in [0.2, 0.25) is 0 Å². The normalized spacial score (nSPS) is 11.5. The monoisotopic (exact) mass is 562 g/mol. The SMILES string of the molecule is CCCCCCCCCCCCCC(=O)Oc1ccc(N=Nc2ccc(S(=O)(=O)O)cc2)c2ccccc12.[NaH]. The third-order valence-corrected chi connectivity index (χ3v) is 7.34. The summed E-state index contributed by atoms with van der Waals surface area (Å²) in [6, 6.07) is 16.4. The van der Waals surface area contributed by atoms with Crippen molar-refractivity contribution in [1.29, 1.82) is 0 Å². The summed E-state index contributed by atoms with van der Waals surface area (Å²) in [5.41, 5.74) is 1.02. The Kier molecular flexibility index (Phi) is 14.9. The Morgan fingerprint density at radius 2 is 1.31 bits per heavy atom. The van der Waals surface area contributed by atoms with Crippen molar-refractivity contribution in [3.8, 4) is 5.75 Å². The van der Waals surface area contributed by atoms with Gasteiger partial charge in [0.15, 0.2) is 0 Å². The number of benzene rings is 3. The predicted molar refractivity (Wildman–Crippen MR) is 158 cm³/mol. The Bertz CT molecular complexity index is 1310. The summed E-state index contributed by atoms with van der Waals surface area (Å²) in [5.74, 6) is 0.254. The molecule has 3 rings (SSSR count). The molecule has 0 atom stereocenters. The number of carbonyl (C=O) groups is 1. The van der Waals surface area contributed by atoms with E-state index in [2.05, 4.69) is 17.2 Å². The molecule has 3 aromatic rings. The van der Waals surface area contributed by atoms with Crippen LogP contribution in [-0.2, 0) is 14.9 Å². The van der Waals surface area contributed by atoms with Crippen molar-refractivity contribution in [3.05, 3.63) is 60.7 Å². The van der Waals surface area contributed by atoms with E-state index in [9.17, 15) is 13.2 Å². The number of hydrogen-bond donors (Lipinski definition) is 1. The first-order chi connectivity index (χ1) is 18.4. The number of hydrogen-bond acceptors (Lipinski definition) is 6. The van der Waals surface area contributed by atoms with Gasteiger partial charge in [-0.25, -0.2) is 0 Å². The molecule has 0 aromatic heterocycles. The first kappa shape index (κ1) is 33.1. The van der Waals surface area contributed by atoms with E-state index in [0.29, 0.717) is 23.5 Å². The van der Waals surface area contributed by atoms with Crippen LogP contribution in [0.3, 0.4) is 0 Å². The molecule has 0 unspecified atom stereocenters. The van der Waals surface area contributed by atoms with Crippen molar-refractivity contribution in [1.82, 2.24) is 0 Å². The zero-order chi connectivity index (χ0) is 27.2. The molecule has 0 aliphatic rings. The van der Waals surface area contributed by atoms with Crippen LogP contribution in [0.5, 0.6) is 5.75 Å². The fraction of sp³-hybridized carbons (Fsp3) is 0.433. The van der Waals surface area contributed by atoms with E-state index < -0.39 is 10.1 Å². The Balaban J connectivity index is 0.00000533. The van der Waals surface area contributed by atoms with Gasteiger partial charge >= 0.3 is 35.5 Å². The number of fused-ring (bicyclic) bond motifs is 1. The summed E-state index contributed by atoms with van der Waals surface area (Å²) in [5, 5.41) is 10.0. The van der Waals surface area contributed by atoms with E-state index >= 15 is 0 Å². The van der Waals surface area contributed by atoms with Crippen LogP contribution >= 0.6 is 0 Å². The van der Waals surface area contributed by atoms with Crippen LogP contribution in [0.4, 0.5) is 11.4 Å². The Morgan fingerprint density at radius 3 is 1.90 bits per heavy atom.